The maximum Gasteiger partial charge on any atom is 0.216 e. The fourth-order valence-electron chi connectivity index (χ4n) is 1.55. The summed E-state index contributed by atoms with van der Waals surface area (Å²) < 4.78 is 5.42. The van der Waals surface area contributed by atoms with E-state index >= 15 is 0 Å². The number of nitrogens with zero attached hydrogens (tertiary/aromatic N) is 1. The van der Waals surface area contributed by atoms with Crippen molar-refractivity contribution in [2.75, 3.05) is 0 Å². The average Bonchev–Trinajstić information content (AvgIpc) is 2.19. The summed E-state index contributed by atoms with van der Waals surface area (Å²) in [4.78, 5) is 3.83. The molecule has 0 bridgehead atoms. The lowest BCUT2D eigenvalue weighted by Crippen LogP contribution is -2.04. The molecule has 1 aliphatic rings. The predicted octanol–water partition coefficient (Wildman–Crippen LogP) is 2.61. The van der Waals surface area contributed by atoms with Gasteiger partial charge in [-0.25, -0.2) is 4.99 Å². The summed E-state index contributed by atoms with van der Waals surface area (Å²) in [6.07, 6.45) is 0. The number of allylic oxidation sites excluding steroid dienone is 1. The molecule has 0 fully saturated rings. The van der Waals surface area contributed by atoms with Crippen LogP contribution in [0.15, 0.2) is 35.1 Å². The highest BCUT2D eigenvalue weighted by Gasteiger charge is 2.14. The van der Waals surface area contributed by atoms with Gasteiger partial charge in [-0.2, -0.15) is 0 Å². The minimum absolute atomic E-state index is 0.599. The molecular formula is C11H11NO. The van der Waals surface area contributed by atoms with Crippen LogP contribution < -0.4 is 0 Å². The van der Waals surface area contributed by atoms with Crippen LogP contribution in [-0.4, -0.2) is 6.72 Å². The molecular weight excluding hydrogens is 162 g/mol. The summed E-state index contributed by atoms with van der Waals surface area (Å²) in [5.74, 6) is 0.652. The van der Waals surface area contributed by atoms with Crippen LogP contribution in [0.2, 0.25) is 0 Å². The molecule has 2 heteroatoms. The van der Waals surface area contributed by atoms with E-state index in [4.69, 9.17) is 4.74 Å². The Morgan fingerprint density at radius 1 is 1.38 bits per heavy atom. The van der Waals surface area contributed by atoms with Gasteiger partial charge in [0.1, 0.15) is 6.61 Å². The van der Waals surface area contributed by atoms with Gasteiger partial charge in [-0.1, -0.05) is 24.3 Å². The van der Waals surface area contributed by atoms with Crippen molar-refractivity contribution in [3.63, 3.8) is 0 Å². The molecule has 2 nitrogen and oxygen atoms in total. The molecule has 0 N–H and O–H groups in total. The second-order valence-electron chi connectivity index (χ2n) is 3.03. The summed E-state index contributed by atoms with van der Waals surface area (Å²) >= 11 is 0. The molecule has 0 aliphatic carbocycles. The smallest absolute Gasteiger partial charge is 0.216 e. The Morgan fingerprint density at radius 2 is 2.15 bits per heavy atom. The van der Waals surface area contributed by atoms with Crippen molar-refractivity contribution in [1.82, 2.24) is 0 Å². The van der Waals surface area contributed by atoms with Crippen LogP contribution in [0.1, 0.15) is 18.1 Å². The highest BCUT2D eigenvalue weighted by molar-refractivity contribution is 5.70. The van der Waals surface area contributed by atoms with E-state index in [2.05, 4.69) is 23.8 Å². The topological polar surface area (TPSA) is 21.6 Å². The van der Waals surface area contributed by atoms with Crippen LogP contribution in [-0.2, 0) is 11.3 Å². The number of hydrogen-bond acceptors (Lipinski definition) is 2. The van der Waals surface area contributed by atoms with Crippen LogP contribution in [0.5, 0.6) is 0 Å². The van der Waals surface area contributed by atoms with Crippen molar-refractivity contribution in [2.24, 2.45) is 4.99 Å². The van der Waals surface area contributed by atoms with Gasteiger partial charge in [0.15, 0.2) is 0 Å². The summed E-state index contributed by atoms with van der Waals surface area (Å²) in [5.41, 5.74) is 3.50. The number of rotatable bonds is 1. The van der Waals surface area contributed by atoms with Crippen LogP contribution in [0, 0.1) is 0 Å². The third kappa shape index (κ3) is 1.24. The minimum Gasteiger partial charge on any atom is -0.473 e. The van der Waals surface area contributed by atoms with Crippen molar-refractivity contribution in [3.8, 4) is 0 Å². The molecule has 0 atom stereocenters. The largest absolute Gasteiger partial charge is 0.473 e. The predicted molar refractivity (Wildman–Crippen MR) is 53.4 cm³/mol. The molecule has 0 amide bonds. The number of hydrogen-bond donors (Lipinski definition) is 0. The molecule has 0 radical (unpaired) electrons. The third-order valence-corrected chi connectivity index (χ3v) is 2.25. The first kappa shape index (κ1) is 8.05. The van der Waals surface area contributed by atoms with Gasteiger partial charge in [0.05, 0.1) is 0 Å². The second-order valence-corrected chi connectivity index (χ2v) is 3.03. The van der Waals surface area contributed by atoms with Gasteiger partial charge < -0.3 is 4.74 Å². The summed E-state index contributed by atoms with van der Waals surface area (Å²) in [6.45, 7) is 6.08. The molecule has 0 unspecified atom stereocenters. The first-order valence-electron chi connectivity index (χ1n) is 4.21. The van der Waals surface area contributed by atoms with Crippen molar-refractivity contribution in [2.45, 2.75) is 13.5 Å². The second kappa shape index (κ2) is 3.05. The Labute approximate surface area is 77.6 Å². The molecule has 13 heavy (non-hydrogen) atoms. The number of aliphatic imine (C=N–C) groups is 1. The SMILES string of the molecule is C=NC1=C(C)c2ccccc2CO1. The van der Waals surface area contributed by atoms with Crippen LogP contribution in [0.4, 0.5) is 0 Å². The quantitative estimate of drug-likeness (QED) is 0.598. The van der Waals surface area contributed by atoms with Gasteiger partial charge >= 0.3 is 0 Å². The zero-order chi connectivity index (χ0) is 9.26. The molecule has 2 rings (SSSR count). The van der Waals surface area contributed by atoms with Crippen LogP contribution in [0.3, 0.4) is 0 Å². The lowest BCUT2D eigenvalue weighted by atomic mass is 10.00. The third-order valence-electron chi connectivity index (χ3n) is 2.25. The molecule has 1 aliphatic heterocycles. The minimum atomic E-state index is 0.599. The Kier molecular flexibility index (Phi) is 1.89. The van der Waals surface area contributed by atoms with Gasteiger partial charge in [0.25, 0.3) is 0 Å². The van der Waals surface area contributed by atoms with Crippen LogP contribution >= 0.6 is 0 Å². The number of fused-ring (bicyclic) bond motifs is 1. The summed E-state index contributed by atoms with van der Waals surface area (Å²) in [7, 11) is 0. The first-order valence-corrected chi connectivity index (χ1v) is 4.21. The molecule has 1 heterocycles. The Balaban J connectivity index is 2.58. The fourth-order valence-corrected chi connectivity index (χ4v) is 1.55. The first-order chi connectivity index (χ1) is 6.33. The van der Waals surface area contributed by atoms with Gasteiger partial charge in [0.2, 0.25) is 5.88 Å². The lowest BCUT2D eigenvalue weighted by molar-refractivity contribution is 0.193. The molecule has 66 valence electrons. The summed E-state index contributed by atoms with van der Waals surface area (Å²) in [5, 5.41) is 0. The maximum absolute atomic E-state index is 5.42. The van der Waals surface area contributed by atoms with Gasteiger partial charge in [-0.05, 0) is 24.8 Å². The standard InChI is InChI=1S/C11H11NO/c1-8-10-6-4-3-5-9(10)7-13-11(8)12-2/h3-6H,2,7H2,1H3. The van der Waals surface area contributed by atoms with E-state index in [1.807, 2.05) is 19.1 Å². The van der Waals surface area contributed by atoms with E-state index < -0.39 is 0 Å². The Morgan fingerprint density at radius 3 is 2.92 bits per heavy atom. The van der Waals surface area contributed by atoms with E-state index in [1.165, 1.54) is 11.1 Å². The van der Waals surface area contributed by atoms with E-state index in [0.717, 1.165) is 5.57 Å². The molecule has 1 aromatic rings. The van der Waals surface area contributed by atoms with Crippen molar-refractivity contribution >= 4 is 12.3 Å². The molecule has 1 aromatic carbocycles. The number of ether oxygens (including phenoxy) is 1. The van der Waals surface area contributed by atoms with E-state index in [-0.39, 0.29) is 0 Å². The van der Waals surface area contributed by atoms with Crippen molar-refractivity contribution < 1.29 is 4.74 Å². The highest BCUT2D eigenvalue weighted by Crippen LogP contribution is 2.28. The van der Waals surface area contributed by atoms with Gasteiger partial charge in [-0.15, -0.1) is 0 Å². The molecule has 0 saturated carbocycles. The lowest BCUT2D eigenvalue weighted by Gasteiger charge is -2.18. The molecule has 0 spiro atoms. The fraction of sp³-hybridized carbons (Fsp3) is 0.182. The Hall–Kier alpha value is -1.57. The average molecular weight is 173 g/mol. The van der Waals surface area contributed by atoms with E-state index in [9.17, 15) is 0 Å². The maximum atomic E-state index is 5.42. The molecule has 0 aromatic heterocycles. The van der Waals surface area contributed by atoms with E-state index in [1.54, 1.807) is 0 Å². The highest BCUT2D eigenvalue weighted by atomic mass is 16.5. The Bertz CT molecular complexity index is 379. The number of benzene rings is 1. The van der Waals surface area contributed by atoms with Gasteiger partial charge in [0, 0.05) is 5.57 Å². The van der Waals surface area contributed by atoms with E-state index in [0.29, 0.717) is 12.5 Å². The zero-order valence-corrected chi connectivity index (χ0v) is 7.58. The van der Waals surface area contributed by atoms with Crippen LogP contribution in [0.25, 0.3) is 5.57 Å². The van der Waals surface area contributed by atoms with Crippen molar-refractivity contribution in [3.05, 3.63) is 41.3 Å². The monoisotopic (exact) mass is 173 g/mol. The van der Waals surface area contributed by atoms with Crippen molar-refractivity contribution in [1.29, 1.82) is 0 Å². The molecule has 0 saturated heterocycles. The van der Waals surface area contributed by atoms with Gasteiger partial charge in [-0.3, -0.25) is 0 Å². The summed E-state index contributed by atoms with van der Waals surface area (Å²) in [6, 6.07) is 8.19. The zero-order valence-electron chi connectivity index (χ0n) is 7.58. The normalized spacial score (nSPS) is 14.8.